The summed E-state index contributed by atoms with van der Waals surface area (Å²) in [5.74, 6) is -0.411. The maximum atomic E-state index is 12.5. The Bertz CT molecular complexity index is 796. The molecule has 6 nitrogen and oxygen atoms in total. The van der Waals surface area contributed by atoms with Crippen LogP contribution in [0.1, 0.15) is 37.8 Å². The first-order chi connectivity index (χ1) is 14.9. The van der Waals surface area contributed by atoms with Crippen LogP contribution < -0.4 is 16.4 Å². The highest BCUT2D eigenvalue weighted by Crippen LogP contribution is 2.11. The molecule has 2 aromatic carbocycles. The average Bonchev–Trinajstić information content (AvgIpc) is 2.77. The molecule has 0 bridgehead atoms. The molecule has 5 N–H and O–H groups in total. The summed E-state index contributed by atoms with van der Waals surface area (Å²) < 4.78 is 0. The van der Waals surface area contributed by atoms with Gasteiger partial charge in [0.2, 0.25) is 11.8 Å². The van der Waals surface area contributed by atoms with Crippen LogP contribution in [0, 0.1) is 5.92 Å². The Labute approximate surface area is 185 Å². The van der Waals surface area contributed by atoms with E-state index in [0.29, 0.717) is 13.0 Å². The summed E-state index contributed by atoms with van der Waals surface area (Å²) in [6.45, 7) is 4.31. The van der Waals surface area contributed by atoms with Gasteiger partial charge in [0.15, 0.2) is 0 Å². The molecule has 168 valence electrons. The van der Waals surface area contributed by atoms with Gasteiger partial charge in [-0.2, -0.15) is 0 Å². The number of nitrogens with two attached hydrogens (primary N) is 1. The van der Waals surface area contributed by atoms with Gasteiger partial charge in [0.25, 0.3) is 0 Å². The highest BCUT2D eigenvalue weighted by molar-refractivity contribution is 5.82. The molecule has 0 radical (unpaired) electrons. The van der Waals surface area contributed by atoms with E-state index in [1.807, 2.05) is 74.5 Å². The molecule has 3 unspecified atom stereocenters. The second-order valence-corrected chi connectivity index (χ2v) is 8.27. The number of aliphatic hydroxyl groups excluding tert-OH is 1. The van der Waals surface area contributed by atoms with Gasteiger partial charge in [-0.05, 0) is 36.3 Å². The van der Waals surface area contributed by atoms with Crippen LogP contribution in [0.4, 0.5) is 0 Å². The molecular weight excluding hydrogens is 390 g/mol. The molecule has 31 heavy (non-hydrogen) atoms. The van der Waals surface area contributed by atoms with Gasteiger partial charge < -0.3 is 21.5 Å². The Morgan fingerprint density at radius 2 is 1.55 bits per heavy atom. The summed E-state index contributed by atoms with van der Waals surface area (Å²) in [6, 6.07) is 18.4. The fourth-order valence-corrected chi connectivity index (χ4v) is 3.29. The highest BCUT2D eigenvalue weighted by Gasteiger charge is 2.26. The largest absolute Gasteiger partial charge is 0.391 e. The molecule has 0 spiro atoms. The van der Waals surface area contributed by atoms with E-state index in [-0.39, 0.29) is 30.6 Å². The predicted molar refractivity (Wildman–Crippen MR) is 123 cm³/mol. The SMILES string of the molecule is CC(C)C(N)C(=O)NC(Cc1ccccc1)C(O)CCC(=O)NCCc1ccccc1. The number of nitrogens with one attached hydrogen (secondary N) is 2. The van der Waals surface area contributed by atoms with Crippen molar-refractivity contribution in [1.82, 2.24) is 10.6 Å². The van der Waals surface area contributed by atoms with E-state index in [0.717, 1.165) is 17.5 Å². The Morgan fingerprint density at radius 1 is 0.968 bits per heavy atom. The minimum absolute atomic E-state index is 0.00934. The fourth-order valence-electron chi connectivity index (χ4n) is 3.29. The van der Waals surface area contributed by atoms with Crippen molar-refractivity contribution in [2.45, 2.75) is 57.7 Å². The van der Waals surface area contributed by atoms with Crippen LogP contribution in [0.2, 0.25) is 0 Å². The summed E-state index contributed by atoms with van der Waals surface area (Å²) in [5.41, 5.74) is 8.13. The molecule has 2 rings (SSSR count). The smallest absolute Gasteiger partial charge is 0.237 e. The number of hydrogen-bond donors (Lipinski definition) is 4. The van der Waals surface area contributed by atoms with Crippen molar-refractivity contribution < 1.29 is 14.7 Å². The Hall–Kier alpha value is -2.70. The molecule has 0 aromatic heterocycles. The van der Waals surface area contributed by atoms with Gasteiger partial charge in [0.05, 0.1) is 18.2 Å². The van der Waals surface area contributed by atoms with Crippen LogP contribution in [-0.4, -0.2) is 41.7 Å². The Morgan fingerprint density at radius 3 is 2.13 bits per heavy atom. The molecule has 0 saturated heterocycles. The lowest BCUT2D eigenvalue weighted by molar-refractivity contribution is -0.124. The van der Waals surface area contributed by atoms with Gasteiger partial charge in [0.1, 0.15) is 0 Å². The molecule has 0 aliphatic heterocycles. The minimum atomic E-state index is -0.858. The normalized spacial score (nSPS) is 14.0. The van der Waals surface area contributed by atoms with E-state index in [9.17, 15) is 14.7 Å². The first-order valence-corrected chi connectivity index (χ1v) is 11.0. The first-order valence-electron chi connectivity index (χ1n) is 11.0. The maximum absolute atomic E-state index is 12.5. The Kier molecular flexibility index (Phi) is 10.2. The Balaban J connectivity index is 1.87. The third-order valence-corrected chi connectivity index (χ3v) is 5.36. The average molecular weight is 426 g/mol. The lowest BCUT2D eigenvalue weighted by Gasteiger charge is -2.26. The second-order valence-electron chi connectivity index (χ2n) is 8.27. The maximum Gasteiger partial charge on any atom is 0.237 e. The van der Waals surface area contributed by atoms with Gasteiger partial charge >= 0.3 is 0 Å². The quantitative estimate of drug-likeness (QED) is 0.418. The number of carbonyl (C=O) groups excluding carboxylic acids is 2. The zero-order valence-electron chi connectivity index (χ0n) is 18.5. The topological polar surface area (TPSA) is 104 Å². The van der Waals surface area contributed by atoms with Crippen LogP contribution in [0.3, 0.4) is 0 Å². The molecule has 2 aromatic rings. The summed E-state index contributed by atoms with van der Waals surface area (Å²) in [4.78, 5) is 24.7. The van der Waals surface area contributed by atoms with E-state index in [2.05, 4.69) is 10.6 Å². The third kappa shape index (κ3) is 8.90. The third-order valence-electron chi connectivity index (χ3n) is 5.36. The molecule has 0 aliphatic rings. The molecule has 2 amide bonds. The molecule has 0 heterocycles. The van der Waals surface area contributed by atoms with Crippen molar-refractivity contribution >= 4 is 11.8 Å². The van der Waals surface area contributed by atoms with Crippen molar-refractivity contribution in [3.05, 3.63) is 71.8 Å². The summed E-state index contributed by atoms with van der Waals surface area (Å²) in [6.07, 6.45) is 0.811. The van der Waals surface area contributed by atoms with E-state index >= 15 is 0 Å². The van der Waals surface area contributed by atoms with E-state index in [1.165, 1.54) is 0 Å². The monoisotopic (exact) mass is 425 g/mol. The molecule has 0 fully saturated rings. The summed E-state index contributed by atoms with van der Waals surface area (Å²) >= 11 is 0. The van der Waals surface area contributed by atoms with Crippen molar-refractivity contribution in [1.29, 1.82) is 0 Å². The van der Waals surface area contributed by atoms with Gasteiger partial charge in [0, 0.05) is 13.0 Å². The number of carbonyl (C=O) groups is 2. The second kappa shape index (κ2) is 12.9. The van der Waals surface area contributed by atoms with Gasteiger partial charge in [-0.25, -0.2) is 0 Å². The summed E-state index contributed by atoms with van der Waals surface area (Å²) in [5, 5.41) is 16.5. The fraction of sp³-hybridized carbons (Fsp3) is 0.440. The number of amides is 2. The molecule has 0 aliphatic carbocycles. The van der Waals surface area contributed by atoms with Crippen LogP contribution in [0.5, 0.6) is 0 Å². The molecule has 0 saturated carbocycles. The van der Waals surface area contributed by atoms with E-state index in [1.54, 1.807) is 0 Å². The number of aliphatic hydroxyl groups is 1. The van der Waals surface area contributed by atoms with Crippen molar-refractivity contribution in [2.75, 3.05) is 6.54 Å². The standard InChI is InChI=1S/C25H35N3O3/c1-18(2)24(26)25(31)28-21(17-20-11-7-4-8-12-20)22(29)13-14-23(30)27-16-15-19-9-5-3-6-10-19/h3-12,18,21-22,24,29H,13-17,26H2,1-2H3,(H,27,30)(H,28,31). The zero-order valence-corrected chi connectivity index (χ0v) is 18.5. The van der Waals surface area contributed by atoms with Crippen LogP contribution in [0.25, 0.3) is 0 Å². The highest BCUT2D eigenvalue weighted by atomic mass is 16.3. The number of rotatable bonds is 12. The van der Waals surface area contributed by atoms with Crippen molar-refractivity contribution in [2.24, 2.45) is 11.7 Å². The zero-order chi connectivity index (χ0) is 22.6. The minimum Gasteiger partial charge on any atom is -0.391 e. The molecular formula is C25H35N3O3. The lowest BCUT2D eigenvalue weighted by atomic mass is 9.96. The first kappa shape index (κ1) is 24.6. The molecule has 6 heteroatoms. The van der Waals surface area contributed by atoms with E-state index in [4.69, 9.17) is 5.73 Å². The predicted octanol–water partition coefficient (Wildman–Crippen LogP) is 2.20. The lowest BCUT2D eigenvalue weighted by Crippen LogP contribution is -2.52. The van der Waals surface area contributed by atoms with Crippen LogP contribution in [0.15, 0.2) is 60.7 Å². The van der Waals surface area contributed by atoms with Crippen molar-refractivity contribution in [3.8, 4) is 0 Å². The van der Waals surface area contributed by atoms with Gasteiger partial charge in [-0.1, -0.05) is 74.5 Å². The van der Waals surface area contributed by atoms with E-state index < -0.39 is 18.2 Å². The van der Waals surface area contributed by atoms with Crippen molar-refractivity contribution in [3.63, 3.8) is 0 Å². The molecule has 3 atom stereocenters. The summed E-state index contributed by atoms with van der Waals surface area (Å²) in [7, 11) is 0. The number of benzene rings is 2. The number of hydrogen-bond acceptors (Lipinski definition) is 4. The van der Waals surface area contributed by atoms with Crippen LogP contribution >= 0.6 is 0 Å². The van der Waals surface area contributed by atoms with Crippen LogP contribution in [-0.2, 0) is 22.4 Å². The van der Waals surface area contributed by atoms with Gasteiger partial charge in [-0.3, -0.25) is 9.59 Å². The van der Waals surface area contributed by atoms with Gasteiger partial charge in [-0.15, -0.1) is 0 Å².